The number of ketones is 1. The van der Waals surface area contributed by atoms with Gasteiger partial charge >= 0.3 is 112 Å². The van der Waals surface area contributed by atoms with Crippen molar-refractivity contribution in [1.82, 2.24) is 0 Å². The zero-order chi connectivity index (χ0) is 70.4. The van der Waals surface area contributed by atoms with Gasteiger partial charge in [0, 0.05) is 66.2 Å². The molecule has 0 bridgehead atoms. The predicted molar refractivity (Wildman–Crippen MR) is 285 cm³/mol. The molecular formula is C48H66B3F24N5O9P2. The van der Waals surface area contributed by atoms with Crippen molar-refractivity contribution in [2.45, 2.75) is 93.7 Å². The van der Waals surface area contributed by atoms with Crippen LogP contribution in [0, 0.1) is 0 Å². The second kappa shape index (κ2) is 43.4. The Bertz CT molecular complexity index is 2740. The molecule has 5 aromatic rings. The first-order valence-electron chi connectivity index (χ1n) is 24.3. The van der Waals surface area contributed by atoms with Crippen LogP contribution < -0.4 is 36.9 Å². The van der Waals surface area contributed by atoms with Crippen molar-refractivity contribution in [3.63, 3.8) is 0 Å². The van der Waals surface area contributed by atoms with E-state index in [-0.39, 0.29) is 49.9 Å². The fourth-order valence-electron chi connectivity index (χ4n) is 4.64. The van der Waals surface area contributed by atoms with Gasteiger partial charge in [-0.2, -0.15) is 0 Å². The Morgan fingerprint density at radius 2 is 0.604 bits per heavy atom. The van der Waals surface area contributed by atoms with Gasteiger partial charge in [0.1, 0.15) is 39.3 Å². The van der Waals surface area contributed by atoms with Crippen LogP contribution in [-0.4, -0.2) is 78.2 Å². The summed E-state index contributed by atoms with van der Waals surface area (Å²) in [6.45, 7) is 19.7. The second-order valence-electron chi connectivity index (χ2n) is 17.4. The van der Waals surface area contributed by atoms with Crippen molar-refractivity contribution < 1.29 is 169 Å². The maximum absolute atomic E-state index is 11.6. The van der Waals surface area contributed by atoms with E-state index in [0.717, 1.165) is 25.2 Å². The fraction of sp³-hybridized carbons (Fsp3) is 0.375. The van der Waals surface area contributed by atoms with Crippen LogP contribution in [0.2, 0.25) is 0 Å². The van der Waals surface area contributed by atoms with Gasteiger partial charge in [-0.05, 0) is 62.3 Å². The molecule has 0 saturated carbocycles. The number of esters is 4. The van der Waals surface area contributed by atoms with E-state index in [1.54, 1.807) is 67.8 Å². The van der Waals surface area contributed by atoms with Gasteiger partial charge in [-0.15, -0.1) is 0 Å². The van der Waals surface area contributed by atoms with E-state index in [9.17, 15) is 113 Å². The number of carbonyl (C=O) groups is 5. The summed E-state index contributed by atoms with van der Waals surface area (Å²) in [6.07, 6.45) is 18.4. The van der Waals surface area contributed by atoms with Gasteiger partial charge in [0.2, 0.25) is 0 Å². The Labute approximate surface area is 508 Å². The van der Waals surface area contributed by atoms with Crippen LogP contribution in [-0.2, 0) is 52.7 Å². The SMILES string of the molecule is CC(=O)c1cc[n+](C)cc1.CC[n+]1ccc(C(=O)OC(C)(C)C)cc1.CC[n+]1ccc(C(=O)OC(C)C)cc1.CC[n+]1ccc(C(=O)OC)cc1.COC(=O)c1cc[n+](C)cc1.FB(F)F.FB(F)F.FB(F)F.F[P-](F)(F)(F)(F)F.F[P-](F)(F)(F)(F)F.[F-].[F-].[F-]. The number of rotatable bonds is 9. The van der Waals surface area contributed by atoms with Gasteiger partial charge in [-0.3, -0.25) is 43.6 Å². The first-order chi connectivity index (χ1) is 39.4. The zero-order valence-electron chi connectivity index (χ0n) is 50.4. The van der Waals surface area contributed by atoms with E-state index in [1.165, 1.54) is 14.2 Å². The summed E-state index contributed by atoms with van der Waals surface area (Å²) in [5.74, 6) is -1.02. The van der Waals surface area contributed by atoms with E-state index in [0.29, 0.717) is 22.3 Å². The number of hydrogen-bond donors (Lipinski definition) is 0. The molecule has 0 radical (unpaired) electrons. The Kier molecular flexibility index (Phi) is 47.7. The number of carbonyl (C=O) groups excluding carboxylic acids is 5. The minimum Gasteiger partial charge on any atom is -1.00 e. The Balaban J connectivity index is -0.000000144. The molecule has 0 aromatic carbocycles. The summed E-state index contributed by atoms with van der Waals surface area (Å²) >= 11 is 0. The molecule has 5 heterocycles. The normalized spacial score (nSPS) is 11.3. The Morgan fingerprint density at radius 1 is 0.418 bits per heavy atom. The summed E-state index contributed by atoms with van der Waals surface area (Å²) < 4.78 is 235. The third-order valence-electron chi connectivity index (χ3n) is 8.19. The van der Waals surface area contributed by atoms with Crippen molar-refractivity contribution in [2.75, 3.05) is 14.2 Å². The van der Waals surface area contributed by atoms with Crippen molar-refractivity contribution in [3.05, 3.63) is 150 Å². The summed E-state index contributed by atoms with van der Waals surface area (Å²) in [5, 5.41) is 0. The van der Waals surface area contributed by atoms with E-state index in [4.69, 9.17) is 9.47 Å². The number of halogens is 24. The molecule has 0 aliphatic heterocycles. The molecule has 0 amide bonds. The third kappa shape index (κ3) is 80.7. The van der Waals surface area contributed by atoms with E-state index in [1.807, 2.05) is 154 Å². The molecule has 524 valence electrons. The van der Waals surface area contributed by atoms with Crippen LogP contribution in [0.15, 0.2) is 123 Å². The molecule has 0 atom stereocenters. The minimum atomic E-state index is -10.7. The maximum Gasteiger partial charge on any atom is -1.00 e. The van der Waals surface area contributed by atoms with E-state index < -0.39 is 43.9 Å². The molecule has 14 nitrogen and oxygen atoms in total. The van der Waals surface area contributed by atoms with Gasteiger partial charge in [0.05, 0.1) is 42.6 Å². The average molecular weight is 1410 g/mol. The standard InChI is InChI=1S/C12H18NO2.C11H16NO2.C9H12NO2.C8H10NO2.C8H10NO.3BF3.2F6P.3FH/c1-5-13-8-6-10(7-9-13)11(14)15-12(2,3)4;1-4-12-7-5-10(6-8-12)11(13)14-9(2)3;1-3-10-6-4-8(5-7-10)9(11)12-2;1-9-5-3-7(4-6-9)8(10)11-2;1-7(10)8-3-5-9(2)6-4-8;3*2-1(3)4;2*1-7(2,3,4,5)6;;;/h6-9H,5H2,1-4H3;5-9H,4H2,1-3H3;4-7H,3H2,1-2H3;3-6H,1-2H3;3-6H,1-2H3;;;;;;3*1H/q5*+1;;;;2*-1;;;/p-3. The molecule has 91 heavy (non-hydrogen) atoms. The molecule has 43 heteroatoms. The topological polar surface area (TPSA) is 142 Å². The average Bonchev–Trinajstić information content (AvgIpc) is 3.36. The van der Waals surface area contributed by atoms with Crippen LogP contribution in [0.5, 0.6) is 0 Å². The summed E-state index contributed by atoms with van der Waals surface area (Å²) in [5.41, 5.74) is 2.68. The van der Waals surface area contributed by atoms with E-state index in [2.05, 4.69) is 9.47 Å². The maximum atomic E-state index is 11.6. The number of Topliss-reactive ketones (excluding diaryl/α,β-unsaturated/α-hetero) is 1. The molecule has 0 spiro atoms. The second-order valence-corrected chi connectivity index (χ2v) is 21.2. The van der Waals surface area contributed by atoms with E-state index >= 15 is 0 Å². The van der Waals surface area contributed by atoms with Crippen molar-refractivity contribution >= 4 is 67.9 Å². The fourth-order valence-corrected chi connectivity index (χ4v) is 4.64. The largest absolute Gasteiger partial charge is 1.00 e. The molecule has 0 unspecified atom stereocenters. The summed E-state index contributed by atoms with van der Waals surface area (Å²) in [7, 11) is -25.8. The number of aryl methyl sites for hydroxylation is 5. The van der Waals surface area contributed by atoms with Crippen molar-refractivity contribution in [3.8, 4) is 0 Å². The number of ether oxygens (including phenoxy) is 4. The minimum absolute atomic E-state index is 0. The number of nitrogens with zero attached hydrogens (tertiary/aromatic N) is 5. The molecule has 5 aromatic heterocycles. The van der Waals surface area contributed by atoms with Crippen LogP contribution in [0.25, 0.3) is 0 Å². The van der Waals surface area contributed by atoms with Gasteiger partial charge in [0.15, 0.2) is 67.8 Å². The zero-order valence-corrected chi connectivity index (χ0v) is 52.1. The summed E-state index contributed by atoms with van der Waals surface area (Å²) in [6, 6.07) is 17.6. The first kappa shape index (κ1) is 99.9. The molecule has 5 rings (SSSR count). The molecule has 0 fully saturated rings. The van der Waals surface area contributed by atoms with Crippen molar-refractivity contribution in [1.29, 1.82) is 0 Å². The first-order valence-corrected chi connectivity index (χ1v) is 28.3. The molecule has 0 N–H and O–H groups in total. The Morgan fingerprint density at radius 3 is 0.780 bits per heavy atom. The van der Waals surface area contributed by atoms with Gasteiger partial charge in [0.25, 0.3) is 0 Å². The molecule has 0 aliphatic carbocycles. The van der Waals surface area contributed by atoms with Crippen LogP contribution >= 0.6 is 15.6 Å². The quantitative estimate of drug-likeness (QED) is 0.0345. The smallest absolute Gasteiger partial charge is 1.00 e. The number of methoxy groups -OCH3 is 2. The van der Waals surface area contributed by atoms with Gasteiger partial charge in [-0.1, -0.05) is 0 Å². The monoisotopic (exact) mass is 1410 g/mol. The van der Waals surface area contributed by atoms with Crippen LogP contribution in [0.3, 0.4) is 0 Å². The van der Waals surface area contributed by atoms with Crippen LogP contribution in [0.4, 0.5) is 89.2 Å². The van der Waals surface area contributed by atoms with Crippen molar-refractivity contribution in [2.24, 2.45) is 14.1 Å². The Hall–Kier alpha value is -7.33. The number of aromatic nitrogens is 5. The number of hydrogen-bond acceptors (Lipinski definition) is 9. The third-order valence-corrected chi connectivity index (χ3v) is 8.19. The predicted octanol–water partition coefficient (Wildman–Crippen LogP) is 5.72. The van der Waals surface area contributed by atoms with Gasteiger partial charge in [-0.25, -0.2) is 42.0 Å². The number of pyridine rings is 5. The summed E-state index contributed by atoms with van der Waals surface area (Å²) in [4.78, 5) is 55.7. The molecule has 0 saturated heterocycles. The van der Waals surface area contributed by atoms with Gasteiger partial charge < -0.3 is 33.1 Å². The molecule has 0 aliphatic rings. The van der Waals surface area contributed by atoms with Crippen LogP contribution in [0.1, 0.15) is 114 Å². The molecular weight excluding hydrogens is 1340 g/mol.